The van der Waals surface area contributed by atoms with Crippen molar-refractivity contribution < 1.29 is 14.3 Å². The van der Waals surface area contributed by atoms with Gasteiger partial charge in [-0.1, -0.05) is 30.2 Å². The minimum atomic E-state index is -0.192. The monoisotopic (exact) mass is 414 g/mol. The Morgan fingerprint density at radius 3 is 2.45 bits per heavy atom. The molecule has 1 heterocycles. The zero-order chi connectivity index (χ0) is 20.6. The summed E-state index contributed by atoms with van der Waals surface area (Å²) in [5, 5.41) is 3.32. The molecule has 0 spiro atoms. The van der Waals surface area contributed by atoms with Crippen LogP contribution in [0.15, 0.2) is 42.5 Å². The van der Waals surface area contributed by atoms with Gasteiger partial charge >= 0.3 is 0 Å². The number of Topliss-reactive ketones (excluding diaryl/α,β-unsaturated/α-hetero) is 1. The molecule has 29 heavy (non-hydrogen) atoms. The third-order valence-corrected chi connectivity index (χ3v) is 5.37. The Labute approximate surface area is 177 Å². The molecule has 0 aliphatic carbocycles. The van der Waals surface area contributed by atoms with Gasteiger partial charge in [-0.15, -0.1) is 0 Å². The highest BCUT2D eigenvalue weighted by molar-refractivity contribution is 6.31. The molecule has 3 rings (SSSR count). The minimum Gasteiger partial charge on any atom is -0.496 e. The number of nitrogens with one attached hydrogen (secondary N) is 1. The van der Waals surface area contributed by atoms with Crippen molar-refractivity contribution in [1.29, 1.82) is 0 Å². The van der Waals surface area contributed by atoms with E-state index in [9.17, 15) is 9.59 Å². The summed E-state index contributed by atoms with van der Waals surface area (Å²) in [6.07, 6.45) is 4.06. The van der Waals surface area contributed by atoms with E-state index < -0.39 is 0 Å². The molecular weight excluding hydrogens is 388 g/mol. The van der Waals surface area contributed by atoms with Crippen molar-refractivity contribution in [3.05, 3.63) is 58.6 Å². The lowest BCUT2D eigenvalue weighted by Crippen LogP contribution is -2.29. The molecule has 6 heteroatoms. The smallest absolute Gasteiger partial charge is 0.224 e. The first-order chi connectivity index (χ1) is 14.0. The number of benzene rings is 2. The van der Waals surface area contributed by atoms with Gasteiger partial charge in [-0.05, 0) is 61.8 Å². The number of anilines is 1. The highest BCUT2D eigenvalue weighted by Crippen LogP contribution is 2.24. The molecule has 5 nitrogen and oxygen atoms in total. The van der Waals surface area contributed by atoms with Crippen LogP contribution < -0.4 is 10.1 Å². The lowest BCUT2D eigenvalue weighted by Gasteiger charge is -2.26. The maximum atomic E-state index is 12.4. The standard InChI is InChI=1S/C23H27ClN2O3/c1-29-22-11-7-18(24)15-20(22)21(27)10-12-23(28)25-19-8-5-17(6-9-19)16-26-13-3-2-4-14-26/h5-9,11,15H,2-4,10,12-14,16H2,1H3,(H,25,28). The Bertz CT molecular complexity index is 846. The summed E-state index contributed by atoms with van der Waals surface area (Å²) in [6.45, 7) is 3.26. The summed E-state index contributed by atoms with van der Waals surface area (Å²) in [5.74, 6) is 0.101. The van der Waals surface area contributed by atoms with E-state index in [0.29, 0.717) is 16.3 Å². The lowest BCUT2D eigenvalue weighted by atomic mass is 10.1. The number of nitrogens with zero attached hydrogens (tertiary/aromatic N) is 1. The van der Waals surface area contributed by atoms with Crippen molar-refractivity contribution in [1.82, 2.24) is 4.90 Å². The van der Waals surface area contributed by atoms with E-state index >= 15 is 0 Å². The molecule has 0 saturated carbocycles. The van der Waals surface area contributed by atoms with E-state index in [1.807, 2.05) is 24.3 Å². The summed E-state index contributed by atoms with van der Waals surface area (Å²) < 4.78 is 5.21. The van der Waals surface area contributed by atoms with E-state index in [0.717, 1.165) is 25.3 Å². The molecule has 0 atom stereocenters. The van der Waals surface area contributed by atoms with Crippen LogP contribution in [-0.4, -0.2) is 36.8 Å². The maximum Gasteiger partial charge on any atom is 0.224 e. The van der Waals surface area contributed by atoms with E-state index in [4.69, 9.17) is 16.3 Å². The van der Waals surface area contributed by atoms with Crippen LogP contribution in [0.4, 0.5) is 5.69 Å². The zero-order valence-corrected chi connectivity index (χ0v) is 17.5. The molecule has 1 aliphatic heterocycles. The Kier molecular flexibility index (Phi) is 7.67. The second-order valence-electron chi connectivity index (χ2n) is 7.35. The normalized spacial score (nSPS) is 14.4. The quantitative estimate of drug-likeness (QED) is 0.622. The average Bonchev–Trinajstić information content (AvgIpc) is 2.74. The second-order valence-corrected chi connectivity index (χ2v) is 7.79. The number of halogens is 1. The van der Waals surface area contributed by atoms with Gasteiger partial charge in [-0.3, -0.25) is 14.5 Å². The first kappa shape index (κ1) is 21.3. The van der Waals surface area contributed by atoms with Gasteiger partial charge in [0.2, 0.25) is 5.91 Å². The van der Waals surface area contributed by atoms with Gasteiger partial charge in [0.05, 0.1) is 12.7 Å². The van der Waals surface area contributed by atoms with Crippen LogP contribution in [0.25, 0.3) is 0 Å². The van der Waals surface area contributed by atoms with Crippen LogP contribution >= 0.6 is 11.6 Å². The van der Waals surface area contributed by atoms with Gasteiger partial charge in [-0.2, -0.15) is 0 Å². The third-order valence-electron chi connectivity index (χ3n) is 5.13. The number of rotatable bonds is 8. The largest absolute Gasteiger partial charge is 0.496 e. The zero-order valence-electron chi connectivity index (χ0n) is 16.7. The number of ether oxygens (including phenoxy) is 1. The number of hydrogen-bond donors (Lipinski definition) is 1. The van der Waals surface area contributed by atoms with Crippen molar-refractivity contribution in [2.45, 2.75) is 38.6 Å². The number of methoxy groups -OCH3 is 1. The van der Waals surface area contributed by atoms with Crippen molar-refractivity contribution in [3.63, 3.8) is 0 Å². The van der Waals surface area contributed by atoms with Crippen LogP contribution in [0.3, 0.4) is 0 Å². The topological polar surface area (TPSA) is 58.6 Å². The molecule has 1 saturated heterocycles. The van der Waals surface area contributed by atoms with Crippen molar-refractivity contribution >= 4 is 29.0 Å². The molecule has 0 radical (unpaired) electrons. The number of carbonyl (C=O) groups excluding carboxylic acids is 2. The van der Waals surface area contributed by atoms with Crippen LogP contribution in [-0.2, 0) is 11.3 Å². The summed E-state index contributed by atoms with van der Waals surface area (Å²) in [5.41, 5.74) is 2.38. The molecule has 2 aromatic rings. The number of ketones is 1. The lowest BCUT2D eigenvalue weighted by molar-refractivity contribution is -0.116. The molecule has 1 fully saturated rings. The Balaban J connectivity index is 1.49. The minimum absolute atomic E-state index is 0.0928. The Morgan fingerprint density at radius 2 is 1.76 bits per heavy atom. The average molecular weight is 415 g/mol. The summed E-state index contributed by atoms with van der Waals surface area (Å²) in [4.78, 5) is 27.2. The predicted octanol–water partition coefficient (Wildman–Crippen LogP) is 4.94. The van der Waals surface area contributed by atoms with Crippen molar-refractivity contribution in [3.8, 4) is 5.75 Å². The summed E-state index contributed by atoms with van der Waals surface area (Å²) in [7, 11) is 1.50. The van der Waals surface area contributed by atoms with Crippen molar-refractivity contribution in [2.24, 2.45) is 0 Å². The molecule has 1 N–H and O–H groups in total. The fourth-order valence-corrected chi connectivity index (χ4v) is 3.72. The predicted molar refractivity (Wildman–Crippen MR) is 116 cm³/mol. The number of hydrogen-bond acceptors (Lipinski definition) is 4. The first-order valence-electron chi connectivity index (χ1n) is 10.0. The van der Waals surface area contributed by atoms with Gasteiger partial charge in [0.15, 0.2) is 5.78 Å². The number of likely N-dealkylation sites (tertiary alicyclic amines) is 1. The van der Waals surface area contributed by atoms with Crippen molar-refractivity contribution in [2.75, 3.05) is 25.5 Å². The van der Waals surface area contributed by atoms with E-state index in [1.165, 1.54) is 31.9 Å². The van der Waals surface area contributed by atoms with Gasteiger partial charge < -0.3 is 10.1 Å². The highest BCUT2D eigenvalue weighted by Gasteiger charge is 2.15. The van der Waals surface area contributed by atoms with Crippen LogP contribution in [0, 0.1) is 0 Å². The molecule has 0 unspecified atom stereocenters. The maximum absolute atomic E-state index is 12.4. The van der Waals surface area contributed by atoms with Gasteiger partial charge in [-0.25, -0.2) is 0 Å². The van der Waals surface area contributed by atoms with E-state index in [2.05, 4.69) is 10.2 Å². The molecule has 2 aromatic carbocycles. The molecule has 0 aromatic heterocycles. The van der Waals surface area contributed by atoms with Gasteiger partial charge in [0.1, 0.15) is 5.75 Å². The SMILES string of the molecule is COc1ccc(Cl)cc1C(=O)CCC(=O)Nc1ccc(CN2CCCCC2)cc1. The number of piperidine rings is 1. The summed E-state index contributed by atoms with van der Waals surface area (Å²) >= 11 is 5.97. The molecule has 1 aliphatic rings. The third kappa shape index (κ3) is 6.31. The molecule has 1 amide bonds. The van der Waals surface area contributed by atoms with Gasteiger partial charge in [0.25, 0.3) is 0 Å². The molecule has 154 valence electrons. The van der Waals surface area contributed by atoms with Crippen LogP contribution in [0.1, 0.15) is 48.0 Å². The van der Waals surface area contributed by atoms with Crippen LogP contribution in [0.5, 0.6) is 5.75 Å². The van der Waals surface area contributed by atoms with E-state index in [1.54, 1.807) is 18.2 Å². The number of carbonyl (C=O) groups is 2. The number of amides is 1. The first-order valence-corrected chi connectivity index (χ1v) is 10.4. The summed E-state index contributed by atoms with van der Waals surface area (Å²) in [6, 6.07) is 12.8. The Hall–Kier alpha value is -2.37. The fourth-order valence-electron chi connectivity index (χ4n) is 3.55. The molecular formula is C23H27ClN2O3. The van der Waals surface area contributed by atoms with E-state index in [-0.39, 0.29) is 24.5 Å². The molecule has 0 bridgehead atoms. The Morgan fingerprint density at radius 1 is 1.03 bits per heavy atom. The second kappa shape index (κ2) is 10.4. The van der Waals surface area contributed by atoms with Crippen LogP contribution in [0.2, 0.25) is 5.02 Å². The van der Waals surface area contributed by atoms with Gasteiger partial charge in [0, 0.05) is 30.1 Å². The highest BCUT2D eigenvalue weighted by atomic mass is 35.5. The fraction of sp³-hybridized carbons (Fsp3) is 0.391.